The Morgan fingerprint density at radius 3 is 1.46 bits per heavy atom. The van der Waals surface area contributed by atoms with Gasteiger partial charge in [0.25, 0.3) is 0 Å². The van der Waals surface area contributed by atoms with E-state index in [0.717, 1.165) is 0 Å². The molecule has 0 heteroatoms. The lowest BCUT2D eigenvalue weighted by molar-refractivity contribution is 1.66. The Morgan fingerprint density at radius 1 is 0.192 bits per heavy atom. The van der Waals surface area contributed by atoms with Crippen LogP contribution in [0.2, 0.25) is 0 Å². The van der Waals surface area contributed by atoms with Gasteiger partial charge in [0, 0.05) is 0 Å². The highest BCUT2D eigenvalue weighted by Gasteiger charge is 2.26. The van der Waals surface area contributed by atoms with Crippen LogP contribution in [-0.2, 0) is 0 Å². The molecule has 0 aliphatic carbocycles. The van der Waals surface area contributed by atoms with E-state index in [1.807, 2.05) is 0 Å². The summed E-state index contributed by atoms with van der Waals surface area (Å²) in [5, 5.41) is 21.2. The Kier molecular flexibility index (Phi) is 5.59. The summed E-state index contributed by atoms with van der Waals surface area (Å²) in [6, 6.07) is 67.9. The minimum absolute atomic E-state index is 1.24. The molecule has 0 atom stereocenters. The molecule has 0 aliphatic rings. The van der Waals surface area contributed by atoms with Crippen LogP contribution < -0.4 is 0 Å². The summed E-state index contributed by atoms with van der Waals surface area (Å²) in [5.74, 6) is 0. The zero-order valence-electron chi connectivity index (χ0n) is 28.3. The monoisotopic (exact) mass is 654 g/mol. The van der Waals surface area contributed by atoms with Gasteiger partial charge >= 0.3 is 0 Å². The molecule has 0 unspecified atom stereocenters. The number of hydrogen-bond donors (Lipinski definition) is 0. The van der Waals surface area contributed by atoms with E-state index in [2.05, 4.69) is 182 Å². The van der Waals surface area contributed by atoms with Crippen LogP contribution in [0.25, 0.3) is 120 Å². The average Bonchev–Trinajstić information content (AvgIpc) is 3.71. The Morgan fingerprint density at radius 2 is 0.731 bits per heavy atom. The van der Waals surface area contributed by atoms with Crippen molar-refractivity contribution >= 4 is 86.2 Å². The smallest absolute Gasteiger partial charge is 0.000697 e. The van der Waals surface area contributed by atoms with Crippen LogP contribution in [0.4, 0.5) is 0 Å². The first-order valence-electron chi connectivity index (χ1n) is 18.2. The topological polar surface area (TPSA) is 0 Å². The highest BCUT2D eigenvalue weighted by molar-refractivity contribution is 6.46. The van der Waals surface area contributed by atoms with Crippen molar-refractivity contribution in [3.63, 3.8) is 0 Å². The molecule has 0 N–H and O–H groups in total. The lowest BCUT2D eigenvalue weighted by atomic mass is 9.84. The van der Waals surface area contributed by atoms with Crippen LogP contribution in [0.5, 0.6) is 0 Å². The van der Waals surface area contributed by atoms with E-state index in [4.69, 9.17) is 0 Å². The molecule has 238 valence electrons. The normalized spacial score (nSPS) is 12.2. The molecule has 0 aromatic heterocycles. The minimum Gasteiger partial charge on any atom is -0.0622 e. The van der Waals surface area contributed by atoms with Crippen molar-refractivity contribution in [2.24, 2.45) is 0 Å². The Bertz CT molecular complexity index is 3360. The molecular formula is C52H30. The highest BCUT2D eigenvalue weighted by atomic mass is 14.3. The van der Waals surface area contributed by atoms with Crippen molar-refractivity contribution in [2.45, 2.75) is 0 Å². The third-order valence-electron chi connectivity index (χ3n) is 11.7. The Labute approximate surface area is 300 Å². The molecule has 0 fully saturated rings. The minimum atomic E-state index is 1.24. The molecule has 0 heterocycles. The molecule has 0 saturated carbocycles. The summed E-state index contributed by atoms with van der Waals surface area (Å²) in [4.78, 5) is 0. The molecule has 0 nitrogen and oxygen atoms in total. The predicted molar refractivity (Wildman–Crippen MR) is 225 cm³/mol. The zero-order chi connectivity index (χ0) is 33.9. The molecule has 0 bridgehead atoms. The van der Waals surface area contributed by atoms with Gasteiger partial charge in [-0.3, -0.25) is 0 Å². The van der Waals surface area contributed by atoms with Gasteiger partial charge in [0.05, 0.1) is 0 Å². The molecule has 12 rings (SSSR count). The van der Waals surface area contributed by atoms with Crippen LogP contribution >= 0.6 is 0 Å². The van der Waals surface area contributed by atoms with E-state index in [-0.39, 0.29) is 0 Å². The van der Waals surface area contributed by atoms with Crippen LogP contribution in [0, 0.1) is 0 Å². The quantitative estimate of drug-likeness (QED) is 0.166. The fourth-order valence-corrected chi connectivity index (χ4v) is 9.61. The van der Waals surface area contributed by atoms with Crippen molar-refractivity contribution in [1.29, 1.82) is 0 Å². The maximum Gasteiger partial charge on any atom is -0.000697 e. The lowest BCUT2D eigenvalue weighted by Crippen LogP contribution is -1.91. The average molecular weight is 655 g/mol. The second-order valence-corrected chi connectivity index (χ2v) is 14.3. The van der Waals surface area contributed by atoms with Crippen LogP contribution in [0.3, 0.4) is 0 Å². The molecule has 12 aromatic rings. The van der Waals surface area contributed by atoms with Crippen LogP contribution in [0.15, 0.2) is 182 Å². The van der Waals surface area contributed by atoms with Gasteiger partial charge < -0.3 is 0 Å². The third-order valence-corrected chi connectivity index (χ3v) is 11.7. The van der Waals surface area contributed by atoms with Gasteiger partial charge in [-0.2, -0.15) is 0 Å². The van der Waals surface area contributed by atoms with Gasteiger partial charge in [-0.1, -0.05) is 164 Å². The predicted octanol–water partition coefficient (Wildman–Crippen LogP) is 14.8. The fourth-order valence-electron chi connectivity index (χ4n) is 9.61. The SMILES string of the molecule is c1ccc(-c2ccc3c(c2)c2cc4c(-c5ccccc5)c5c6cccc7c8ccccc8cc(c5c(-c5ccccc5)c4c4cccc3c24)c76)cc1. The summed E-state index contributed by atoms with van der Waals surface area (Å²) in [5.41, 5.74) is 7.62. The molecule has 0 aliphatic heterocycles. The van der Waals surface area contributed by atoms with Crippen molar-refractivity contribution in [1.82, 2.24) is 0 Å². The third kappa shape index (κ3) is 3.66. The first-order chi connectivity index (χ1) is 25.8. The first-order valence-corrected chi connectivity index (χ1v) is 18.2. The molecule has 52 heavy (non-hydrogen) atoms. The van der Waals surface area contributed by atoms with E-state index >= 15 is 0 Å². The first kappa shape index (κ1) is 28.0. The van der Waals surface area contributed by atoms with E-state index in [1.54, 1.807) is 0 Å². The molecule has 0 saturated heterocycles. The standard InChI is InChI=1S/C52H30/c1-4-14-31(15-5-1)34-26-27-37-39-23-13-24-40-48(39)43(42(37)28-34)30-45-46(32-16-6-2-7-17-32)51-41-25-12-22-38-36-21-11-10-20-35(36)29-44(49(38)41)52(51)47(50(40)45)33-18-8-3-9-19-33/h1-30H. The Balaban J connectivity index is 1.39. The van der Waals surface area contributed by atoms with Gasteiger partial charge in [-0.25, -0.2) is 0 Å². The van der Waals surface area contributed by atoms with Crippen molar-refractivity contribution in [3.05, 3.63) is 182 Å². The van der Waals surface area contributed by atoms with Crippen LogP contribution in [0.1, 0.15) is 0 Å². The summed E-state index contributed by atoms with van der Waals surface area (Å²) in [6.07, 6.45) is 0. The van der Waals surface area contributed by atoms with Gasteiger partial charge in [-0.15, -0.1) is 0 Å². The van der Waals surface area contributed by atoms with Gasteiger partial charge in [-0.05, 0) is 138 Å². The summed E-state index contributed by atoms with van der Waals surface area (Å²) in [7, 11) is 0. The molecule has 0 radical (unpaired) electrons. The zero-order valence-corrected chi connectivity index (χ0v) is 28.3. The number of benzene rings is 10. The maximum absolute atomic E-state index is 2.54. The van der Waals surface area contributed by atoms with Gasteiger partial charge in [0.2, 0.25) is 0 Å². The second-order valence-electron chi connectivity index (χ2n) is 14.3. The number of hydrogen-bond acceptors (Lipinski definition) is 0. The van der Waals surface area contributed by atoms with Gasteiger partial charge in [0.1, 0.15) is 0 Å². The summed E-state index contributed by atoms with van der Waals surface area (Å²) in [6.45, 7) is 0. The summed E-state index contributed by atoms with van der Waals surface area (Å²) < 4.78 is 0. The van der Waals surface area contributed by atoms with Crippen molar-refractivity contribution in [3.8, 4) is 33.4 Å². The number of fused-ring (bicyclic) bond motifs is 10. The van der Waals surface area contributed by atoms with Crippen molar-refractivity contribution in [2.75, 3.05) is 0 Å². The number of rotatable bonds is 3. The lowest BCUT2D eigenvalue weighted by Gasteiger charge is -2.19. The fraction of sp³-hybridized carbons (Fsp3) is 0. The molecule has 12 aromatic carbocycles. The summed E-state index contributed by atoms with van der Waals surface area (Å²) >= 11 is 0. The van der Waals surface area contributed by atoms with E-state index in [0.29, 0.717) is 0 Å². The molecule has 0 spiro atoms. The molecular weight excluding hydrogens is 625 g/mol. The van der Waals surface area contributed by atoms with Gasteiger partial charge in [0.15, 0.2) is 0 Å². The Hall–Kier alpha value is -6.76. The maximum atomic E-state index is 2.54. The second kappa shape index (κ2) is 10.4. The van der Waals surface area contributed by atoms with E-state index < -0.39 is 0 Å². The van der Waals surface area contributed by atoms with Crippen LogP contribution in [-0.4, -0.2) is 0 Å². The van der Waals surface area contributed by atoms with E-state index in [1.165, 1.54) is 120 Å². The molecule has 0 amide bonds. The van der Waals surface area contributed by atoms with E-state index in [9.17, 15) is 0 Å². The largest absolute Gasteiger partial charge is 0.0622 e. The highest BCUT2D eigenvalue weighted by Crippen LogP contribution is 2.55. The van der Waals surface area contributed by atoms with Crippen molar-refractivity contribution < 1.29 is 0 Å².